The maximum atomic E-state index is 12.1. The number of aryl methyl sites for hydroxylation is 1. The molecule has 2 aromatic carbocycles. The van der Waals surface area contributed by atoms with Crippen LogP contribution in [0, 0.1) is 6.92 Å². The Morgan fingerprint density at radius 2 is 1.97 bits per heavy atom. The first-order valence-electron chi connectivity index (χ1n) is 9.04. The van der Waals surface area contributed by atoms with Crippen LogP contribution in [-0.4, -0.2) is 43.9 Å². The van der Waals surface area contributed by atoms with Crippen molar-refractivity contribution in [2.24, 2.45) is 0 Å². The van der Waals surface area contributed by atoms with Gasteiger partial charge in [-0.1, -0.05) is 23.2 Å². The van der Waals surface area contributed by atoms with Crippen molar-refractivity contribution in [3.8, 4) is 5.75 Å². The van der Waals surface area contributed by atoms with Crippen molar-refractivity contribution in [3.05, 3.63) is 52.0 Å². The zero-order valence-corrected chi connectivity index (χ0v) is 18.2. The fourth-order valence-corrected chi connectivity index (χ4v) is 3.65. The number of hydrogen-bond donors (Lipinski definition) is 2. The SMILES string of the molecule is Cc1cc(Cl)ccc1OCC(=O)NC(=S)Nc1ccc(N2CCOCC2)c(Cl)c1. The number of thiocarbonyl (C=S) groups is 1. The molecule has 1 amide bonds. The maximum Gasteiger partial charge on any atom is 0.264 e. The smallest absolute Gasteiger partial charge is 0.264 e. The third-order valence-electron chi connectivity index (χ3n) is 4.31. The Morgan fingerprint density at radius 1 is 1.21 bits per heavy atom. The number of anilines is 2. The molecule has 2 aromatic rings. The van der Waals surface area contributed by atoms with Crippen molar-refractivity contribution in [2.45, 2.75) is 6.92 Å². The zero-order chi connectivity index (χ0) is 20.8. The summed E-state index contributed by atoms with van der Waals surface area (Å²) in [6.45, 7) is 4.66. The van der Waals surface area contributed by atoms with Crippen molar-refractivity contribution in [1.29, 1.82) is 0 Å². The van der Waals surface area contributed by atoms with Crippen molar-refractivity contribution in [1.82, 2.24) is 5.32 Å². The van der Waals surface area contributed by atoms with Crippen LogP contribution in [0.5, 0.6) is 5.75 Å². The van der Waals surface area contributed by atoms with Gasteiger partial charge in [-0.05, 0) is 61.1 Å². The molecule has 0 aliphatic carbocycles. The molecule has 1 saturated heterocycles. The highest BCUT2D eigenvalue weighted by Crippen LogP contribution is 2.29. The van der Waals surface area contributed by atoms with Gasteiger partial charge in [0, 0.05) is 23.8 Å². The normalized spacial score (nSPS) is 13.7. The van der Waals surface area contributed by atoms with E-state index in [1.807, 2.05) is 19.1 Å². The monoisotopic (exact) mass is 453 g/mol. The number of carbonyl (C=O) groups excluding carboxylic acids is 1. The van der Waals surface area contributed by atoms with Crippen LogP contribution in [0.4, 0.5) is 11.4 Å². The number of hydrogen-bond acceptors (Lipinski definition) is 5. The van der Waals surface area contributed by atoms with Gasteiger partial charge in [0.15, 0.2) is 11.7 Å². The molecule has 154 valence electrons. The second-order valence-corrected chi connectivity index (χ2v) is 7.72. The van der Waals surface area contributed by atoms with Gasteiger partial charge in [-0.3, -0.25) is 10.1 Å². The molecule has 0 spiro atoms. The first kappa shape index (κ1) is 21.6. The Bertz CT molecular complexity index is 905. The van der Waals surface area contributed by atoms with E-state index in [1.165, 1.54) is 0 Å². The number of rotatable bonds is 5. The van der Waals surface area contributed by atoms with Gasteiger partial charge < -0.3 is 19.7 Å². The van der Waals surface area contributed by atoms with Crippen LogP contribution in [0.25, 0.3) is 0 Å². The molecule has 1 fully saturated rings. The van der Waals surface area contributed by atoms with Crippen molar-refractivity contribution in [3.63, 3.8) is 0 Å². The molecular formula is C20H21Cl2N3O3S. The van der Waals surface area contributed by atoms with Crippen molar-refractivity contribution >= 4 is 57.8 Å². The molecule has 9 heteroatoms. The minimum Gasteiger partial charge on any atom is -0.483 e. The molecule has 1 aliphatic rings. The van der Waals surface area contributed by atoms with E-state index in [1.54, 1.807) is 24.3 Å². The standard InChI is InChI=1S/C20H21Cl2N3O3S/c1-13-10-14(21)2-5-18(13)28-12-19(26)24-20(29)23-15-3-4-17(16(22)11-15)25-6-8-27-9-7-25/h2-5,10-11H,6-9,12H2,1H3,(H2,23,24,26,29). The second kappa shape index (κ2) is 10.1. The van der Waals surface area contributed by atoms with Crippen LogP contribution in [0.1, 0.15) is 5.56 Å². The van der Waals surface area contributed by atoms with Gasteiger partial charge in [0.25, 0.3) is 5.91 Å². The summed E-state index contributed by atoms with van der Waals surface area (Å²) in [5.74, 6) is 0.224. The average molecular weight is 454 g/mol. The van der Waals surface area contributed by atoms with E-state index in [-0.39, 0.29) is 17.6 Å². The van der Waals surface area contributed by atoms with E-state index in [4.69, 9.17) is 44.9 Å². The lowest BCUT2D eigenvalue weighted by atomic mass is 10.2. The Morgan fingerprint density at radius 3 is 2.66 bits per heavy atom. The highest BCUT2D eigenvalue weighted by atomic mass is 35.5. The van der Waals surface area contributed by atoms with Crippen LogP contribution in [-0.2, 0) is 9.53 Å². The summed E-state index contributed by atoms with van der Waals surface area (Å²) in [5, 5.41) is 6.93. The average Bonchev–Trinajstić information content (AvgIpc) is 2.68. The number of morpholine rings is 1. The van der Waals surface area contributed by atoms with Crippen molar-refractivity contribution in [2.75, 3.05) is 43.1 Å². The van der Waals surface area contributed by atoms with E-state index in [0.717, 1.165) is 24.3 Å². The molecule has 1 aliphatic heterocycles. The Hall–Kier alpha value is -2.06. The molecule has 0 radical (unpaired) electrons. The van der Waals surface area contributed by atoms with E-state index < -0.39 is 0 Å². The molecule has 0 aromatic heterocycles. The van der Waals surface area contributed by atoms with Crippen LogP contribution in [0.2, 0.25) is 10.0 Å². The number of carbonyl (C=O) groups is 1. The van der Waals surface area contributed by atoms with E-state index in [9.17, 15) is 4.79 Å². The van der Waals surface area contributed by atoms with Crippen LogP contribution >= 0.6 is 35.4 Å². The first-order chi connectivity index (χ1) is 13.9. The summed E-state index contributed by atoms with van der Waals surface area (Å²) in [4.78, 5) is 14.3. The van der Waals surface area contributed by atoms with E-state index in [2.05, 4.69) is 15.5 Å². The largest absolute Gasteiger partial charge is 0.483 e. The Labute approximate surface area is 185 Å². The summed E-state index contributed by atoms with van der Waals surface area (Å²) < 4.78 is 10.9. The molecule has 6 nitrogen and oxygen atoms in total. The van der Waals surface area contributed by atoms with Gasteiger partial charge in [-0.25, -0.2) is 0 Å². The predicted octanol–water partition coefficient (Wildman–Crippen LogP) is 4.03. The zero-order valence-electron chi connectivity index (χ0n) is 15.8. The van der Waals surface area contributed by atoms with Gasteiger partial charge >= 0.3 is 0 Å². The van der Waals surface area contributed by atoms with Crippen LogP contribution in [0.3, 0.4) is 0 Å². The molecule has 3 rings (SSSR count). The highest BCUT2D eigenvalue weighted by Gasteiger charge is 2.15. The van der Waals surface area contributed by atoms with E-state index >= 15 is 0 Å². The molecule has 1 heterocycles. The van der Waals surface area contributed by atoms with Gasteiger partial charge in [0.05, 0.1) is 23.9 Å². The van der Waals surface area contributed by atoms with Gasteiger partial charge in [-0.15, -0.1) is 0 Å². The van der Waals surface area contributed by atoms with Crippen LogP contribution in [0.15, 0.2) is 36.4 Å². The number of benzene rings is 2. The van der Waals surface area contributed by atoms with Gasteiger partial charge in [0.1, 0.15) is 5.75 Å². The fourth-order valence-electron chi connectivity index (χ4n) is 2.89. The number of ether oxygens (including phenoxy) is 2. The molecule has 0 bridgehead atoms. The molecular weight excluding hydrogens is 433 g/mol. The molecule has 0 saturated carbocycles. The Balaban J connectivity index is 1.50. The fraction of sp³-hybridized carbons (Fsp3) is 0.300. The van der Waals surface area contributed by atoms with E-state index in [0.29, 0.717) is 34.7 Å². The van der Waals surface area contributed by atoms with Crippen molar-refractivity contribution < 1.29 is 14.3 Å². The summed E-state index contributed by atoms with van der Waals surface area (Å²) in [6.07, 6.45) is 0. The Kier molecular flexibility index (Phi) is 7.55. The lowest BCUT2D eigenvalue weighted by molar-refractivity contribution is -0.121. The number of halogens is 2. The summed E-state index contributed by atoms with van der Waals surface area (Å²) in [6, 6.07) is 10.8. The summed E-state index contributed by atoms with van der Waals surface area (Å²) in [7, 11) is 0. The molecule has 0 unspecified atom stereocenters. The lowest BCUT2D eigenvalue weighted by Gasteiger charge is -2.29. The minimum absolute atomic E-state index is 0.166. The number of amides is 1. The molecule has 2 N–H and O–H groups in total. The highest BCUT2D eigenvalue weighted by molar-refractivity contribution is 7.80. The molecule has 0 atom stereocenters. The van der Waals surface area contributed by atoms with Gasteiger partial charge in [-0.2, -0.15) is 0 Å². The topological polar surface area (TPSA) is 62.8 Å². The summed E-state index contributed by atoms with van der Waals surface area (Å²) in [5.41, 5.74) is 2.48. The third kappa shape index (κ3) is 6.21. The minimum atomic E-state index is -0.368. The quantitative estimate of drug-likeness (QED) is 0.666. The molecule has 29 heavy (non-hydrogen) atoms. The van der Waals surface area contributed by atoms with Crippen LogP contribution < -0.4 is 20.3 Å². The third-order valence-corrected chi connectivity index (χ3v) is 5.05. The second-order valence-electron chi connectivity index (χ2n) is 6.47. The summed E-state index contributed by atoms with van der Waals surface area (Å²) >= 11 is 17.5. The number of nitrogens with zero attached hydrogens (tertiary/aromatic N) is 1. The number of nitrogens with one attached hydrogen (secondary N) is 2. The first-order valence-corrected chi connectivity index (χ1v) is 10.2. The van der Waals surface area contributed by atoms with Gasteiger partial charge in [0.2, 0.25) is 0 Å². The maximum absolute atomic E-state index is 12.1. The lowest BCUT2D eigenvalue weighted by Crippen LogP contribution is -2.37. The predicted molar refractivity (Wildman–Crippen MR) is 121 cm³/mol.